The van der Waals surface area contributed by atoms with Crippen molar-refractivity contribution in [2.45, 2.75) is 77.0 Å². The van der Waals surface area contributed by atoms with Gasteiger partial charge in [0.05, 0.1) is 0 Å². The number of hydrogen-bond acceptors (Lipinski definition) is 0. The molecule has 2 aromatic carbocycles. The van der Waals surface area contributed by atoms with Crippen LogP contribution >= 0.6 is 0 Å². The molecule has 0 saturated heterocycles. The molecule has 0 aliphatic heterocycles. The molecule has 146 valence electrons. The SMILES string of the molecule is CCCCCC1CCC(c2ccc(CCc3c(F)cccc3F)cc2)CC1. The first kappa shape index (κ1) is 20.0. The van der Waals surface area contributed by atoms with Gasteiger partial charge in [0.25, 0.3) is 0 Å². The molecule has 3 rings (SSSR count). The second-order valence-corrected chi connectivity index (χ2v) is 8.16. The van der Waals surface area contributed by atoms with Crippen LogP contribution in [0.5, 0.6) is 0 Å². The van der Waals surface area contributed by atoms with Crippen LogP contribution in [0.15, 0.2) is 42.5 Å². The van der Waals surface area contributed by atoms with E-state index < -0.39 is 11.6 Å². The first-order chi connectivity index (χ1) is 13.2. The van der Waals surface area contributed by atoms with Crippen LogP contribution < -0.4 is 0 Å². The van der Waals surface area contributed by atoms with Crippen molar-refractivity contribution in [2.24, 2.45) is 5.92 Å². The minimum Gasteiger partial charge on any atom is -0.207 e. The molecule has 27 heavy (non-hydrogen) atoms. The van der Waals surface area contributed by atoms with E-state index >= 15 is 0 Å². The van der Waals surface area contributed by atoms with Crippen molar-refractivity contribution >= 4 is 0 Å². The topological polar surface area (TPSA) is 0 Å². The molecule has 0 bridgehead atoms. The van der Waals surface area contributed by atoms with E-state index in [1.807, 2.05) is 0 Å². The Morgan fingerprint density at radius 2 is 1.48 bits per heavy atom. The summed E-state index contributed by atoms with van der Waals surface area (Å²) >= 11 is 0. The Hall–Kier alpha value is -1.70. The smallest absolute Gasteiger partial charge is 0.129 e. The second kappa shape index (κ2) is 10.0. The van der Waals surface area contributed by atoms with Crippen molar-refractivity contribution in [2.75, 3.05) is 0 Å². The maximum Gasteiger partial charge on any atom is 0.129 e. The monoisotopic (exact) mass is 370 g/mol. The normalized spacial score (nSPS) is 20.0. The van der Waals surface area contributed by atoms with Crippen LogP contribution in [0, 0.1) is 17.6 Å². The van der Waals surface area contributed by atoms with Gasteiger partial charge in [-0.05, 0) is 73.6 Å². The quantitative estimate of drug-likeness (QED) is 0.420. The van der Waals surface area contributed by atoms with Crippen LogP contribution in [0.4, 0.5) is 8.78 Å². The fourth-order valence-corrected chi connectivity index (χ4v) is 4.46. The molecule has 1 fully saturated rings. The Kier molecular flexibility index (Phi) is 7.43. The standard InChI is InChI=1S/C25H32F2/c1-2-3-4-6-19-9-14-21(15-10-19)22-16-11-20(12-17-22)13-18-23-24(26)7-5-8-25(23)27/h5,7-8,11-12,16-17,19,21H,2-4,6,9-10,13-15,18H2,1H3. The number of rotatable bonds is 8. The van der Waals surface area contributed by atoms with Crippen molar-refractivity contribution in [3.8, 4) is 0 Å². The highest BCUT2D eigenvalue weighted by Gasteiger charge is 2.22. The van der Waals surface area contributed by atoms with Crippen molar-refractivity contribution < 1.29 is 8.78 Å². The Morgan fingerprint density at radius 1 is 0.815 bits per heavy atom. The first-order valence-corrected chi connectivity index (χ1v) is 10.7. The predicted molar refractivity (Wildman–Crippen MR) is 109 cm³/mol. The maximum absolute atomic E-state index is 13.7. The van der Waals surface area contributed by atoms with Gasteiger partial charge in [0, 0.05) is 5.56 Å². The third-order valence-corrected chi connectivity index (χ3v) is 6.24. The van der Waals surface area contributed by atoms with Crippen LogP contribution in [0.25, 0.3) is 0 Å². The minimum atomic E-state index is -0.442. The summed E-state index contributed by atoms with van der Waals surface area (Å²) in [7, 11) is 0. The molecule has 0 spiro atoms. The second-order valence-electron chi connectivity index (χ2n) is 8.16. The average molecular weight is 371 g/mol. The van der Waals surface area contributed by atoms with Gasteiger partial charge in [-0.1, -0.05) is 62.9 Å². The summed E-state index contributed by atoms with van der Waals surface area (Å²) in [5, 5.41) is 0. The molecule has 1 aliphatic rings. The highest BCUT2D eigenvalue weighted by Crippen LogP contribution is 2.37. The van der Waals surface area contributed by atoms with Crippen LogP contribution in [0.2, 0.25) is 0 Å². The number of halogens is 2. The lowest BCUT2D eigenvalue weighted by Gasteiger charge is -2.29. The van der Waals surface area contributed by atoms with Gasteiger partial charge in [-0.2, -0.15) is 0 Å². The summed E-state index contributed by atoms with van der Waals surface area (Å²) < 4.78 is 27.5. The lowest BCUT2D eigenvalue weighted by molar-refractivity contribution is 0.303. The van der Waals surface area contributed by atoms with Gasteiger partial charge >= 0.3 is 0 Å². The highest BCUT2D eigenvalue weighted by molar-refractivity contribution is 5.27. The maximum atomic E-state index is 13.7. The Bertz CT molecular complexity index is 677. The van der Waals surface area contributed by atoms with Crippen LogP contribution in [0.3, 0.4) is 0 Å². The van der Waals surface area contributed by atoms with E-state index in [0.717, 1.165) is 11.5 Å². The first-order valence-electron chi connectivity index (χ1n) is 10.7. The molecule has 0 N–H and O–H groups in total. The zero-order valence-electron chi connectivity index (χ0n) is 16.5. The van der Waals surface area contributed by atoms with Gasteiger partial charge in [0.2, 0.25) is 0 Å². The number of benzene rings is 2. The molecule has 0 atom stereocenters. The molecule has 0 aromatic heterocycles. The third-order valence-electron chi connectivity index (χ3n) is 6.24. The molecule has 0 heterocycles. The largest absolute Gasteiger partial charge is 0.207 e. The summed E-state index contributed by atoms with van der Waals surface area (Å²) in [4.78, 5) is 0. The number of aryl methyl sites for hydroxylation is 1. The molecule has 0 unspecified atom stereocenters. The van der Waals surface area contributed by atoms with E-state index in [1.165, 1.54) is 75.1 Å². The van der Waals surface area contributed by atoms with E-state index in [1.54, 1.807) is 0 Å². The van der Waals surface area contributed by atoms with E-state index in [9.17, 15) is 8.78 Å². The van der Waals surface area contributed by atoms with E-state index in [-0.39, 0.29) is 5.56 Å². The van der Waals surface area contributed by atoms with Crippen LogP contribution in [-0.4, -0.2) is 0 Å². The van der Waals surface area contributed by atoms with Crippen molar-refractivity contribution in [3.63, 3.8) is 0 Å². The van der Waals surface area contributed by atoms with E-state index in [2.05, 4.69) is 31.2 Å². The lowest BCUT2D eigenvalue weighted by Crippen LogP contribution is -2.13. The molecule has 0 amide bonds. The van der Waals surface area contributed by atoms with Gasteiger partial charge < -0.3 is 0 Å². The van der Waals surface area contributed by atoms with E-state index in [0.29, 0.717) is 18.8 Å². The van der Waals surface area contributed by atoms with E-state index in [4.69, 9.17) is 0 Å². The molecule has 2 aromatic rings. The Labute approximate surface area is 163 Å². The van der Waals surface area contributed by atoms with Gasteiger partial charge in [-0.3, -0.25) is 0 Å². The summed E-state index contributed by atoms with van der Waals surface area (Å²) in [6, 6.07) is 12.8. The fourth-order valence-electron chi connectivity index (χ4n) is 4.46. The van der Waals surface area contributed by atoms with Gasteiger partial charge in [-0.15, -0.1) is 0 Å². The van der Waals surface area contributed by atoms with Gasteiger partial charge in [0.15, 0.2) is 0 Å². The lowest BCUT2D eigenvalue weighted by atomic mass is 9.77. The Balaban J connectivity index is 1.49. The summed E-state index contributed by atoms with van der Waals surface area (Å²) in [5.74, 6) is 0.734. The summed E-state index contributed by atoms with van der Waals surface area (Å²) in [6.07, 6.45) is 11.9. The third kappa shape index (κ3) is 5.64. The zero-order valence-corrected chi connectivity index (χ0v) is 16.5. The Morgan fingerprint density at radius 3 is 2.11 bits per heavy atom. The number of unbranched alkanes of at least 4 members (excludes halogenated alkanes) is 2. The molecule has 1 saturated carbocycles. The van der Waals surface area contributed by atoms with Crippen molar-refractivity contribution in [3.05, 3.63) is 70.8 Å². The number of hydrogen-bond donors (Lipinski definition) is 0. The zero-order chi connectivity index (χ0) is 19.1. The van der Waals surface area contributed by atoms with Gasteiger partial charge in [0.1, 0.15) is 11.6 Å². The highest BCUT2D eigenvalue weighted by atomic mass is 19.1. The van der Waals surface area contributed by atoms with Crippen LogP contribution in [0.1, 0.15) is 80.9 Å². The molecule has 0 nitrogen and oxygen atoms in total. The van der Waals surface area contributed by atoms with Crippen molar-refractivity contribution in [1.29, 1.82) is 0 Å². The summed E-state index contributed by atoms with van der Waals surface area (Å²) in [5.41, 5.74) is 2.78. The van der Waals surface area contributed by atoms with Crippen molar-refractivity contribution in [1.82, 2.24) is 0 Å². The average Bonchev–Trinajstić information content (AvgIpc) is 2.69. The molecular weight excluding hydrogens is 338 g/mol. The fraction of sp³-hybridized carbons (Fsp3) is 0.520. The molecule has 1 aliphatic carbocycles. The summed E-state index contributed by atoms with van der Waals surface area (Å²) in [6.45, 7) is 2.27. The predicted octanol–water partition coefficient (Wildman–Crippen LogP) is 7.60. The van der Waals surface area contributed by atoms with Gasteiger partial charge in [-0.25, -0.2) is 8.78 Å². The molecular formula is C25H32F2. The molecule has 0 radical (unpaired) electrons. The minimum absolute atomic E-state index is 0.197. The van der Waals surface area contributed by atoms with Crippen LogP contribution in [-0.2, 0) is 12.8 Å². The molecule has 2 heteroatoms.